The summed E-state index contributed by atoms with van der Waals surface area (Å²) in [7, 11) is 1.46. The van der Waals surface area contributed by atoms with E-state index in [0.29, 0.717) is 25.0 Å². The number of hydrogen-bond acceptors (Lipinski definition) is 6. The van der Waals surface area contributed by atoms with E-state index in [2.05, 4.69) is 11.4 Å². The van der Waals surface area contributed by atoms with Gasteiger partial charge in [-0.3, -0.25) is 19.2 Å². The number of fused-ring (bicyclic) bond motifs is 2. The Morgan fingerprint density at radius 3 is 2.61 bits per heavy atom. The number of aromatic hydroxyl groups is 1. The maximum atomic E-state index is 13.9. The van der Waals surface area contributed by atoms with E-state index in [1.54, 1.807) is 0 Å². The fourth-order valence-electron chi connectivity index (χ4n) is 4.43. The number of allylic oxidation sites excluding steroid dienone is 1. The van der Waals surface area contributed by atoms with Gasteiger partial charge in [0.05, 0.1) is 6.61 Å². The molecule has 0 atom stereocenters. The van der Waals surface area contributed by atoms with E-state index >= 15 is 0 Å². The Labute approximate surface area is 219 Å². The number of carbonyl (C=O) groups is 3. The Balaban J connectivity index is 1.69. The number of benzene rings is 1. The van der Waals surface area contributed by atoms with Crippen LogP contribution in [0.3, 0.4) is 0 Å². The molecule has 0 spiro atoms. The summed E-state index contributed by atoms with van der Waals surface area (Å²) in [5.41, 5.74) is -1.37. The fourth-order valence-corrected chi connectivity index (χ4v) is 4.43. The predicted octanol–water partition coefficient (Wildman–Crippen LogP) is 2.81. The maximum absolute atomic E-state index is 13.9. The van der Waals surface area contributed by atoms with Crippen LogP contribution >= 0.6 is 0 Å². The molecule has 2 aliphatic rings. The number of nitrogens with one attached hydrogen (secondary N) is 1. The summed E-state index contributed by atoms with van der Waals surface area (Å²) in [4.78, 5) is 53.0. The molecule has 2 bridgehead atoms. The Morgan fingerprint density at radius 1 is 1.03 bits per heavy atom. The van der Waals surface area contributed by atoms with Gasteiger partial charge in [-0.05, 0) is 31.7 Å². The topological polar surface area (TPSA) is 121 Å². The van der Waals surface area contributed by atoms with E-state index < -0.39 is 34.4 Å². The zero-order valence-electron chi connectivity index (χ0n) is 21.2. The minimum absolute atomic E-state index is 0.0868. The molecule has 11 heteroatoms. The fraction of sp³-hybridized carbons (Fsp3) is 0.407. The van der Waals surface area contributed by atoms with E-state index in [-0.39, 0.29) is 37.0 Å². The van der Waals surface area contributed by atoms with Crippen molar-refractivity contribution < 1.29 is 28.6 Å². The molecular formula is C27H31FN4O6. The largest absolute Gasteiger partial charge is 0.502 e. The molecule has 0 fully saturated rings. The molecule has 2 N–H and O–H groups in total. The monoisotopic (exact) mass is 526 g/mol. The van der Waals surface area contributed by atoms with E-state index in [1.807, 2.05) is 6.08 Å². The highest BCUT2D eigenvalue weighted by Gasteiger charge is 2.35. The Kier molecular flexibility index (Phi) is 8.45. The van der Waals surface area contributed by atoms with Gasteiger partial charge in [-0.2, -0.15) is 0 Å². The van der Waals surface area contributed by atoms with Crippen molar-refractivity contribution in [2.24, 2.45) is 0 Å². The second-order valence-corrected chi connectivity index (χ2v) is 9.35. The van der Waals surface area contributed by atoms with E-state index in [0.717, 1.165) is 36.6 Å². The Hall–Kier alpha value is -4.15. The zero-order chi connectivity index (χ0) is 27.2. The lowest BCUT2D eigenvalue weighted by molar-refractivity contribution is -0.120. The summed E-state index contributed by atoms with van der Waals surface area (Å²) in [5, 5.41) is 14.5. The summed E-state index contributed by atoms with van der Waals surface area (Å²) in [6.45, 7) is 0.132. The molecule has 0 radical (unpaired) electrons. The van der Waals surface area contributed by atoms with Crippen LogP contribution in [0, 0.1) is 5.82 Å². The van der Waals surface area contributed by atoms with Gasteiger partial charge in [-0.25, -0.2) is 14.1 Å². The van der Waals surface area contributed by atoms with Crippen molar-refractivity contribution in [1.82, 2.24) is 14.9 Å². The highest BCUT2D eigenvalue weighted by atomic mass is 19.1. The number of nitrogens with zero attached hydrogens (tertiary/aromatic N) is 3. The number of rotatable bonds is 0. The normalized spacial score (nSPS) is 17.8. The molecule has 1 aromatic heterocycles. The van der Waals surface area contributed by atoms with Crippen LogP contribution in [0.1, 0.15) is 71.4 Å². The molecule has 202 valence electrons. The van der Waals surface area contributed by atoms with Crippen LogP contribution in [0.15, 0.2) is 41.3 Å². The van der Waals surface area contributed by atoms with Gasteiger partial charge in [0.1, 0.15) is 23.8 Å². The lowest BCUT2D eigenvalue weighted by Crippen LogP contribution is -2.55. The van der Waals surface area contributed by atoms with Crippen LogP contribution in [-0.2, 0) is 11.3 Å². The average molecular weight is 527 g/mol. The third-order valence-corrected chi connectivity index (χ3v) is 6.54. The summed E-state index contributed by atoms with van der Waals surface area (Å²) in [5.74, 6) is -2.93. The minimum Gasteiger partial charge on any atom is -0.502 e. The van der Waals surface area contributed by atoms with E-state index in [4.69, 9.17) is 4.74 Å². The first-order chi connectivity index (χ1) is 18.3. The second-order valence-electron chi connectivity index (χ2n) is 9.35. The molecular weight excluding hydrogens is 495 g/mol. The number of hydrogen-bond donors (Lipinski definition) is 2. The molecule has 3 heterocycles. The number of pyridine rings is 1. The minimum atomic E-state index is -1.04. The van der Waals surface area contributed by atoms with Crippen molar-refractivity contribution in [2.45, 2.75) is 51.5 Å². The van der Waals surface area contributed by atoms with Crippen molar-refractivity contribution in [1.29, 1.82) is 0 Å². The second kappa shape index (κ2) is 11.9. The molecule has 38 heavy (non-hydrogen) atoms. The third-order valence-electron chi connectivity index (χ3n) is 6.54. The van der Waals surface area contributed by atoms with Crippen LogP contribution in [0.25, 0.3) is 0 Å². The van der Waals surface area contributed by atoms with Crippen molar-refractivity contribution in [3.05, 3.63) is 69.4 Å². The lowest BCUT2D eigenvalue weighted by Gasteiger charge is -2.36. The van der Waals surface area contributed by atoms with Gasteiger partial charge < -0.3 is 20.1 Å². The standard InChI is InChI=1S/C27H31FN4O6/c1-30-17-32-22(33)10-8-6-4-2-3-5-7-9-13-38-21-14-19(28)12-11-18(21)15-29-26(36)20-16-31(32)23(27(30)37)25(35)24(20)34/h5,7,11-12,14,16,35H,2-4,6,8-10,13,15,17H2,1H3,(H,29,36). The lowest BCUT2D eigenvalue weighted by atomic mass is 10.1. The van der Waals surface area contributed by atoms with Crippen molar-refractivity contribution in [2.75, 3.05) is 25.3 Å². The first-order valence-electron chi connectivity index (χ1n) is 12.7. The zero-order valence-corrected chi connectivity index (χ0v) is 21.2. The summed E-state index contributed by atoms with van der Waals surface area (Å²) < 4.78 is 20.7. The Bertz CT molecular complexity index is 1320. The van der Waals surface area contributed by atoms with Gasteiger partial charge in [-0.15, -0.1) is 0 Å². The molecule has 2 aliphatic heterocycles. The van der Waals surface area contributed by atoms with Crippen LogP contribution in [0.2, 0.25) is 0 Å². The van der Waals surface area contributed by atoms with Crippen LogP contribution < -0.4 is 20.5 Å². The molecule has 10 nitrogen and oxygen atoms in total. The van der Waals surface area contributed by atoms with Crippen LogP contribution in [0.5, 0.6) is 11.5 Å². The van der Waals surface area contributed by atoms with Gasteiger partial charge in [0, 0.05) is 37.8 Å². The molecule has 4 rings (SSSR count). The summed E-state index contributed by atoms with van der Waals surface area (Å²) in [6, 6.07) is 3.94. The predicted molar refractivity (Wildman–Crippen MR) is 137 cm³/mol. The van der Waals surface area contributed by atoms with E-state index in [1.165, 1.54) is 35.2 Å². The highest BCUT2D eigenvalue weighted by molar-refractivity contribution is 6.01. The third kappa shape index (κ3) is 5.87. The number of carbonyl (C=O) groups excluding carboxylic acids is 3. The van der Waals surface area contributed by atoms with Crippen LogP contribution in [-0.4, -0.2) is 52.7 Å². The molecule has 0 saturated heterocycles. The number of amides is 3. The maximum Gasteiger partial charge on any atom is 0.277 e. The van der Waals surface area contributed by atoms with Crippen molar-refractivity contribution >= 4 is 17.7 Å². The number of ether oxygens (including phenoxy) is 1. The van der Waals surface area contributed by atoms with Gasteiger partial charge >= 0.3 is 0 Å². The SMILES string of the molecule is CN1CN2C(=O)CCCCCCC=CCCOc3cc(F)ccc3CNC(=O)c3cn2c(c(O)c3=O)C1=O. The Morgan fingerprint density at radius 2 is 1.79 bits per heavy atom. The number of aromatic nitrogens is 1. The quantitative estimate of drug-likeness (QED) is 0.510. The van der Waals surface area contributed by atoms with Gasteiger partial charge in [0.15, 0.2) is 11.4 Å². The molecule has 2 aromatic rings. The van der Waals surface area contributed by atoms with Crippen molar-refractivity contribution in [3.8, 4) is 11.5 Å². The molecule has 0 unspecified atom stereocenters. The highest BCUT2D eigenvalue weighted by Crippen LogP contribution is 2.23. The van der Waals surface area contributed by atoms with Crippen molar-refractivity contribution in [3.63, 3.8) is 0 Å². The van der Waals surface area contributed by atoms with Gasteiger partial charge in [0.25, 0.3) is 11.8 Å². The number of halogens is 1. The molecule has 3 amide bonds. The smallest absolute Gasteiger partial charge is 0.277 e. The first-order valence-corrected chi connectivity index (χ1v) is 12.7. The van der Waals surface area contributed by atoms with Gasteiger partial charge in [0.2, 0.25) is 11.3 Å². The molecule has 0 aliphatic carbocycles. The molecule has 1 aromatic carbocycles. The van der Waals surface area contributed by atoms with Gasteiger partial charge in [-0.1, -0.05) is 31.1 Å². The van der Waals surface area contributed by atoms with E-state index in [9.17, 15) is 28.7 Å². The van der Waals surface area contributed by atoms with Crippen LogP contribution in [0.4, 0.5) is 4.39 Å². The average Bonchev–Trinajstić information content (AvgIpc) is 2.89. The summed E-state index contributed by atoms with van der Waals surface area (Å²) in [6.07, 6.45) is 10.3. The first kappa shape index (κ1) is 26.9. The summed E-state index contributed by atoms with van der Waals surface area (Å²) >= 11 is 0. The molecule has 0 saturated carbocycles.